The summed E-state index contributed by atoms with van der Waals surface area (Å²) >= 11 is -0.577. The van der Waals surface area contributed by atoms with Crippen LogP contribution in [0.1, 0.15) is 79.6 Å². The molecule has 0 unspecified atom stereocenters. The highest BCUT2D eigenvalue weighted by Crippen LogP contribution is 2.26. The normalized spacial score (nSPS) is 12.5. The van der Waals surface area contributed by atoms with E-state index in [0.717, 1.165) is 0 Å². The molecule has 0 heterocycles. The van der Waals surface area contributed by atoms with E-state index in [1.165, 1.54) is 55.5 Å². The first kappa shape index (κ1) is 17.3. The molecular formula is C16H33Al. The summed E-state index contributed by atoms with van der Waals surface area (Å²) in [5.74, 6) is 0. The molecule has 0 aliphatic heterocycles. The number of allylic oxidation sites excluding steroid dienone is 2. The minimum absolute atomic E-state index is 0.577. The summed E-state index contributed by atoms with van der Waals surface area (Å²) in [6.45, 7) is 11.8. The lowest BCUT2D eigenvalue weighted by atomic mass is 10.0. The summed E-state index contributed by atoms with van der Waals surface area (Å²) in [4.78, 5) is 0. The van der Waals surface area contributed by atoms with Gasteiger partial charge in [0.05, 0.1) is 0 Å². The lowest BCUT2D eigenvalue weighted by molar-refractivity contribution is 0.740. The van der Waals surface area contributed by atoms with Crippen LogP contribution < -0.4 is 0 Å². The van der Waals surface area contributed by atoms with E-state index in [2.05, 4.69) is 34.6 Å². The molecule has 0 aliphatic rings. The molecule has 0 atom stereocenters. The predicted octanol–water partition coefficient (Wildman–Crippen LogP) is 6.15. The van der Waals surface area contributed by atoms with Gasteiger partial charge < -0.3 is 0 Å². The second-order valence-electron chi connectivity index (χ2n) is 5.20. The van der Waals surface area contributed by atoms with Crippen molar-refractivity contribution < 1.29 is 0 Å². The highest BCUT2D eigenvalue weighted by atomic mass is 27.2. The monoisotopic (exact) mass is 252 g/mol. The van der Waals surface area contributed by atoms with Crippen molar-refractivity contribution in [1.82, 2.24) is 0 Å². The van der Waals surface area contributed by atoms with E-state index >= 15 is 0 Å². The van der Waals surface area contributed by atoms with E-state index < -0.39 is 14.1 Å². The van der Waals surface area contributed by atoms with Gasteiger partial charge in [0.1, 0.15) is 0 Å². The maximum atomic E-state index is 2.42. The second kappa shape index (κ2) is 11.4. The zero-order valence-corrected chi connectivity index (χ0v) is 14.1. The largest absolute Gasteiger partial charge is 0.298 e. The minimum Gasteiger partial charge on any atom is -0.131 e. The molecule has 0 nitrogen and oxygen atoms in total. The maximum Gasteiger partial charge on any atom is 0.298 e. The molecule has 0 bridgehead atoms. The van der Waals surface area contributed by atoms with Crippen molar-refractivity contribution in [2.75, 3.05) is 0 Å². The Morgan fingerprint density at radius 2 is 1.29 bits per heavy atom. The van der Waals surface area contributed by atoms with Gasteiger partial charge in [-0.15, -0.1) is 4.44 Å². The van der Waals surface area contributed by atoms with Crippen LogP contribution >= 0.6 is 0 Å². The van der Waals surface area contributed by atoms with Crippen molar-refractivity contribution in [1.29, 1.82) is 0 Å². The van der Waals surface area contributed by atoms with Crippen LogP contribution in [0.15, 0.2) is 10.0 Å². The summed E-state index contributed by atoms with van der Waals surface area (Å²) in [5, 5.41) is 2.93. The van der Waals surface area contributed by atoms with Gasteiger partial charge in [-0.3, -0.25) is 0 Å². The average molecular weight is 252 g/mol. The van der Waals surface area contributed by atoms with Crippen LogP contribution in [0.25, 0.3) is 0 Å². The van der Waals surface area contributed by atoms with Crippen molar-refractivity contribution in [2.24, 2.45) is 0 Å². The molecule has 0 aromatic rings. The van der Waals surface area contributed by atoms with Gasteiger partial charge in [0, 0.05) is 0 Å². The summed E-state index contributed by atoms with van der Waals surface area (Å²) < 4.78 is 1.97. The fourth-order valence-corrected chi connectivity index (χ4v) is 5.87. The molecule has 0 aliphatic carbocycles. The van der Waals surface area contributed by atoms with Crippen LogP contribution in [-0.4, -0.2) is 14.1 Å². The zero-order valence-electron chi connectivity index (χ0n) is 12.9. The molecule has 100 valence electrons. The zero-order chi connectivity index (χ0) is 13.1. The summed E-state index contributed by atoms with van der Waals surface area (Å²) in [5.41, 5.74) is 1.85. The van der Waals surface area contributed by atoms with Crippen LogP contribution in [0.5, 0.6) is 0 Å². The number of rotatable bonds is 10. The SMILES string of the molecule is CCCC/C(CC)=[C](\CCCC)[Al]([CH2]C)[CH2]C. The van der Waals surface area contributed by atoms with Crippen LogP contribution in [0.3, 0.4) is 0 Å². The molecule has 0 rings (SSSR count). The molecular weight excluding hydrogens is 219 g/mol. The van der Waals surface area contributed by atoms with E-state index in [-0.39, 0.29) is 0 Å². The van der Waals surface area contributed by atoms with E-state index in [0.29, 0.717) is 0 Å². The van der Waals surface area contributed by atoms with Gasteiger partial charge in [-0.05, 0) is 25.7 Å². The van der Waals surface area contributed by atoms with Crippen LogP contribution in [-0.2, 0) is 0 Å². The molecule has 0 aromatic heterocycles. The molecule has 0 fully saturated rings. The standard InChI is InChI=1S/C12H23.2C2H5.Al/c1-4-7-9-11-12(6-3)10-8-5-2;2*1-2;/h4-10H2,1-3H3;2*1H2,2H3;. The quantitative estimate of drug-likeness (QED) is 0.409. The molecule has 17 heavy (non-hydrogen) atoms. The number of hydrogen-bond donors (Lipinski definition) is 0. The van der Waals surface area contributed by atoms with Crippen molar-refractivity contribution in [3.63, 3.8) is 0 Å². The molecule has 0 amide bonds. The van der Waals surface area contributed by atoms with Crippen LogP contribution in [0.4, 0.5) is 0 Å². The Hall–Kier alpha value is 0.272. The third-order valence-electron chi connectivity index (χ3n) is 3.99. The highest BCUT2D eigenvalue weighted by Gasteiger charge is 2.19. The topological polar surface area (TPSA) is 0 Å². The van der Waals surface area contributed by atoms with Crippen molar-refractivity contribution in [3.8, 4) is 0 Å². The van der Waals surface area contributed by atoms with Gasteiger partial charge in [-0.25, -0.2) is 0 Å². The third-order valence-corrected chi connectivity index (χ3v) is 7.64. The van der Waals surface area contributed by atoms with E-state index in [9.17, 15) is 0 Å². The molecule has 0 saturated heterocycles. The lowest BCUT2D eigenvalue weighted by Crippen LogP contribution is -2.16. The Labute approximate surface area is 114 Å². The highest BCUT2D eigenvalue weighted by molar-refractivity contribution is 6.66. The van der Waals surface area contributed by atoms with Crippen molar-refractivity contribution >= 4 is 14.1 Å². The first-order valence-corrected chi connectivity index (χ1v) is 10.2. The third kappa shape index (κ3) is 6.68. The number of hydrogen-bond acceptors (Lipinski definition) is 0. The van der Waals surface area contributed by atoms with Gasteiger partial charge >= 0.3 is 0 Å². The van der Waals surface area contributed by atoms with Crippen molar-refractivity contribution in [3.05, 3.63) is 10.0 Å². The van der Waals surface area contributed by atoms with E-state index in [1.807, 2.05) is 10.0 Å². The second-order valence-corrected chi connectivity index (χ2v) is 8.93. The Morgan fingerprint density at radius 3 is 1.71 bits per heavy atom. The minimum atomic E-state index is -0.577. The smallest absolute Gasteiger partial charge is 0.131 e. The summed E-state index contributed by atoms with van der Waals surface area (Å²) in [7, 11) is 0. The fraction of sp³-hybridized carbons (Fsp3) is 0.875. The Morgan fingerprint density at radius 1 is 0.765 bits per heavy atom. The van der Waals surface area contributed by atoms with Gasteiger partial charge in [-0.1, -0.05) is 70.0 Å². The summed E-state index contributed by atoms with van der Waals surface area (Å²) in [6, 6.07) is 0. The fourth-order valence-electron chi connectivity index (χ4n) is 2.77. The van der Waals surface area contributed by atoms with Gasteiger partial charge in [0.2, 0.25) is 0 Å². The van der Waals surface area contributed by atoms with Gasteiger partial charge in [-0.2, -0.15) is 0 Å². The van der Waals surface area contributed by atoms with E-state index in [1.54, 1.807) is 0 Å². The lowest BCUT2D eigenvalue weighted by Gasteiger charge is -2.19. The Bertz CT molecular complexity index is 202. The number of unbranched alkanes of at least 4 members (excludes halogenated alkanes) is 2. The van der Waals surface area contributed by atoms with Crippen molar-refractivity contribution in [2.45, 2.75) is 90.1 Å². The van der Waals surface area contributed by atoms with Crippen LogP contribution in [0, 0.1) is 0 Å². The molecule has 0 N–H and O–H groups in total. The van der Waals surface area contributed by atoms with Gasteiger partial charge in [0.25, 0.3) is 14.1 Å². The van der Waals surface area contributed by atoms with E-state index in [4.69, 9.17) is 0 Å². The first-order chi connectivity index (χ1) is 8.24. The van der Waals surface area contributed by atoms with Crippen LogP contribution in [0.2, 0.25) is 10.6 Å². The molecule has 0 saturated carbocycles. The first-order valence-electron chi connectivity index (χ1n) is 7.95. The van der Waals surface area contributed by atoms with Gasteiger partial charge in [0.15, 0.2) is 0 Å². The molecule has 0 radical (unpaired) electrons. The Kier molecular flexibility index (Phi) is 11.6. The Balaban J connectivity index is 4.83. The predicted molar refractivity (Wildman–Crippen MR) is 83.1 cm³/mol. The molecule has 0 aromatic carbocycles. The summed E-state index contributed by atoms with van der Waals surface area (Å²) in [6.07, 6.45) is 9.61. The average Bonchev–Trinajstić information content (AvgIpc) is 2.36. The molecule has 0 spiro atoms. The maximum absolute atomic E-state index is 2.42. The molecule has 1 heteroatoms.